The van der Waals surface area contributed by atoms with Crippen LogP contribution >= 0.6 is 0 Å². The fraction of sp³-hybridized carbons (Fsp3) is 0.250. The number of hydrogen-bond donors (Lipinski definition) is 1. The highest BCUT2D eigenvalue weighted by molar-refractivity contribution is 5.92. The van der Waals surface area contributed by atoms with Crippen LogP contribution in [-0.4, -0.2) is 30.4 Å². The van der Waals surface area contributed by atoms with E-state index >= 15 is 0 Å². The molecule has 116 valence electrons. The molecule has 3 nitrogen and oxygen atoms in total. The lowest BCUT2D eigenvalue weighted by Gasteiger charge is -2.40. The molecule has 4 rings (SSSR count). The number of benzene rings is 2. The standard InChI is InChI=1S/C20H21N3/c1-21-18-11-13-22-20(18)23-14-12-15-7-5-6-10-17(15)19(23)16-8-3-2-4-9-16/h2-11,13,18-19,21H,12,14H2,1H3. The average Bonchev–Trinajstić information content (AvgIpc) is 3.10. The SMILES string of the molecule is CNC1C=CN=C1N1CCc2ccccc2C1c1ccccc1. The predicted octanol–water partition coefficient (Wildman–Crippen LogP) is 3.15. The van der Waals surface area contributed by atoms with E-state index in [1.807, 2.05) is 13.2 Å². The first-order valence-corrected chi connectivity index (χ1v) is 8.19. The Morgan fingerprint density at radius 3 is 2.65 bits per heavy atom. The Balaban J connectivity index is 1.80. The van der Waals surface area contributed by atoms with Crippen molar-refractivity contribution in [2.45, 2.75) is 18.5 Å². The summed E-state index contributed by atoms with van der Waals surface area (Å²) < 4.78 is 0. The van der Waals surface area contributed by atoms with Crippen molar-refractivity contribution in [2.75, 3.05) is 13.6 Å². The fourth-order valence-electron chi connectivity index (χ4n) is 3.66. The van der Waals surface area contributed by atoms with Gasteiger partial charge in [-0.2, -0.15) is 0 Å². The van der Waals surface area contributed by atoms with Gasteiger partial charge in [-0.25, -0.2) is 4.99 Å². The second-order valence-corrected chi connectivity index (χ2v) is 6.05. The van der Waals surface area contributed by atoms with E-state index in [0.717, 1.165) is 18.8 Å². The molecule has 0 radical (unpaired) electrons. The Labute approximate surface area is 137 Å². The van der Waals surface area contributed by atoms with Gasteiger partial charge in [0.1, 0.15) is 5.84 Å². The molecule has 0 saturated carbocycles. The molecule has 2 aliphatic rings. The zero-order valence-corrected chi connectivity index (χ0v) is 13.3. The minimum absolute atomic E-state index is 0.200. The molecule has 3 heteroatoms. The summed E-state index contributed by atoms with van der Waals surface area (Å²) in [4.78, 5) is 7.12. The number of nitrogens with one attached hydrogen (secondary N) is 1. The van der Waals surface area contributed by atoms with Crippen LogP contribution in [0, 0.1) is 0 Å². The molecule has 1 N–H and O–H groups in total. The summed E-state index contributed by atoms with van der Waals surface area (Å²) in [7, 11) is 1.99. The molecule has 0 aliphatic carbocycles. The van der Waals surface area contributed by atoms with Crippen LogP contribution in [0.5, 0.6) is 0 Å². The zero-order chi connectivity index (χ0) is 15.6. The van der Waals surface area contributed by atoms with E-state index in [-0.39, 0.29) is 12.1 Å². The number of amidine groups is 1. The van der Waals surface area contributed by atoms with Crippen LogP contribution in [0.4, 0.5) is 0 Å². The highest BCUT2D eigenvalue weighted by Gasteiger charge is 2.33. The molecule has 2 heterocycles. The van der Waals surface area contributed by atoms with E-state index in [4.69, 9.17) is 0 Å². The quantitative estimate of drug-likeness (QED) is 0.923. The zero-order valence-electron chi connectivity index (χ0n) is 13.3. The maximum atomic E-state index is 4.66. The first-order valence-electron chi connectivity index (χ1n) is 8.19. The number of rotatable bonds is 2. The Morgan fingerprint density at radius 1 is 1.04 bits per heavy atom. The van der Waals surface area contributed by atoms with Gasteiger partial charge in [0, 0.05) is 12.7 Å². The topological polar surface area (TPSA) is 27.6 Å². The summed E-state index contributed by atoms with van der Waals surface area (Å²) in [5.41, 5.74) is 4.17. The minimum Gasteiger partial charge on any atom is -0.347 e. The third-order valence-corrected chi connectivity index (χ3v) is 4.77. The Hall–Kier alpha value is -2.39. The summed E-state index contributed by atoms with van der Waals surface area (Å²) in [6, 6.07) is 20.0. The summed E-state index contributed by atoms with van der Waals surface area (Å²) >= 11 is 0. The molecular weight excluding hydrogens is 282 g/mol. The van der Waals surface area contributed by atoms with Crippen LogP contribution in [-0.2, 0) is 6.42 Å². The lowest BCUT2D eigenvalue weighted by molar-refractivity contribution is 0.329. The molecular formula is C20H21N3. The highest BCUT2D eigenvalue weighted by atomic mass is 15.2. The summed E-state index contributed by atoms with van der Waals surface area (Å²) in [5, 5.41) is 3.35. The Bertz CT molecular complexity index is 748. The predicted molar refractivity (Wildman–Crippen MR) is 94.6 cm³/mol. The second-order valence-electron chi connectivity index (χ2n) is 6.05. The van der Waals surface area contributed by atoms with E-state index < -0.39 is 0 Å². The van der Waals surface area contributed by atoms with Crippen molar-refractivity contribution in [2.24, 2.45) is 4.99 Å². The van der Waals surface area contributed by atoms with Crippen molar-refractivity contribution in [3.8, 4) is 0 Å². The van der Waals surface area contributed by atoms with E-state index in [0.29, 0.717) is 0 Å². The third kappa shape index (κ3) is 2.47. The van der Waals surface area contributed by atoms with Crippen molar-refractivity contribution in [1.82, 2.24) is 10.2 Å². The van der Waals surface area contributed by atoms with Crippen LogP contribution in [0.1, 0.15) is 22.7 Å². The van der Waals surface area contributed by atoms with Gasteiger partial charge in [-0.05, 0) is 36.2 Å². The highest BCUT2D eigenvalue weighted by Crippen LogP contribution is 2.36. The van der Waals surface area contributed by atoms with E-state index in [9.17, 15) is 0 Å². The van der Waals surface area contributed by atoms with Gasteiger partial charge in [0.15, 0.2) is 0 Å². The first kappa shape index (κ1) is 14.2. The molecule has 0 fully saturated rings. The Morgan fingerprint density at radius 2 is 1.83 bits per heavy atom. The molecule has 0 aromatic heterocycles. The van der Waals surface area contributed by atoms with Crippen molar-refractivity contribution >= 4 is 5.84 Å². The number of likely N-dealkylation sites (N-methyl/N-ethyl adjacent to an activating group) is 1. The van der Waals surface area contributed by atoms with Crippen molar-refractivity contribution < 1.29 is 0 Å². The number of fused-ring (bicyclic) bond motifs is 1. The van der Waals surface area contributed by atoms with Gasteiger partial charge >= 0.3 is 0 Å². The van der Waals surface area contributed by atoms with Crippen molar-refractivity contribution in [1.29, 1.82) is 0 Å². The molecule has 2 atom stereocenters. The third-order valence-electron chi connectivity index (χ3n) is 4.77. The van der Waals surface area contributed by atoms with E-state index in [1.165, 1.54) is 16.7 Å². The van der Waals surface area contributed by atoms with Crippen LogP contribution in [0.15, 0.2) is 71.9 Å². The fourth-order valence-corrected chi connectivity index (χ4v) is 3.66. The van der Waals surface area contributed by atoms with Crippen LogP contribution in [0.2, 0.25) is 0 Å². The summed E-state index contributed by atoms with van der Waals surface area (Å²) in [5.74, 6) is 1.12. The van der Waals surface area contributed by atoms with Crippen molar-refractivity contribution in [3.63, 3.8) is 0 Å². The Kier molecular flexibility index (Phi) is 3.72. The number of aliphatic imine (C=N–C) groups is 1. The smallest absolute Gasteiger partial charge is 0.126 e. The second kappa shape index (κ2) is 6.01. The molecule has 2 unspecified atom stereocenters. The molecule has 0 bridgehead atoms. The molecule has 23 heavy (non-hydrogen) atoms. The minimum atomic E-state index is 0.200. The van der Waals surface area contributed by atoms with E-state index in [2.05, 4.69) is 75.9 Å². The van der Waals surface area contributed by atoms with Gasteiger partial charge in [0.25, 0.3) is 0 Å². The summed E-state index contributed by atoms with van der Waals surface area (Å²) in [6.07, 6.45) is 5.10. The first-order chi connectivity index (χ1) is 11.4. The van der Waals surface area contributed by atoms with Gasteiger partial charge in [-0.1, -0.05) is 54.6 Å². The number of hydrogen-bond acceptors (Lipinski definition) is 3. The van der Waals surface area contributed by atoms with Crippen LogP contribution in [0.3, 0.4) is 0 Å². The van der Waals surface area contributed by atoms with Crippen molar-refractivity contribution in [3.05, 3.63) is 83.6 Å². The number of nitrogens with zero attached hydrogens (tertiary/aromatic N) is 2. The molecule has 2 aliphatic heterocycles. The molecule has 0 saturated heterocycles. The van der Waals surface area contributed by atoms with Gasteiger partial charge in [0.2, 0.25) is 0 Å². The van der Waals surface area contributed by atoms with E-state index in [1.54, 1.807) is 0 Å². The van der Waals surface area contributed by atoms with Gasteiger partial charge in [0.05, 0.1) is 12.1 Å². The molecule has 2 aromatic rings. The maximum absolute atomic E-state index is 4.66. The lowest BCUT2D eigenvalue weighted by atomic mass is 9.87. The largest absolute Gasteiger partial charge is 0.347 e. The lowest BCUT2D eigenvalue weighted by Crippen LogP contribution is -2.47. The van der Waals surface area contributed by atoms with Gasteiger partial charge < -0.3 is 10.2 Å². The molecule has 0 spiro atoms. The monoisotopic (exact) mass is 303 g/mol. The molecule has 0 amide bonds. The molecule has 2 aromatic carbocycles. The normalized spacial score (nSPS) is 22.8. The van der Waals surface area contributed by atoms with Gasteiger partial charge in [-0.3, -0.25) is 0 Å². The van der Waals surface area contributed by atoms with Crippen LogP contribution < -0.4 is 5.32 Å². The summed E-state index contributed by atoms with van der Waals surface area (Å²) in [6.45, 7) is 0.995. The maximum Gasteiger partial charge on any atom is 0.126 e. The van der Waals surface area contributed by atoms with Crippen LogP contribution in [0.25, 0.3) is 0 Å². The average molecular weight is 303 g/mol. The van der Waals surface area contributed by atoms with Gasteiger partial charge in [-0.15, -0.1) is 0 Å².